The Labute approximate surface area is 137 Å². The fraction of sp³-hybridized carbons (Fsp3) is 0.0714. The van der Waals surface area contributed by atoms with Gasteiger partial charge in [-0.25, -0.2) is 9.97 Å². The van der Waals surface area contributed by atoms with E-state index < -0.39 is 24.2 Å². The lowest BCUT2D eigenvalue weighted by Gasteiger charge is -2.10. The normalized spacial score (nSPS) is 10.9. The number of nitrogens with zero attached hydrogens (tertiary/aromatic N) is 3. The molecule has 130 valence electrons. The molecule has 0 fully saturated rings. The van der Waals surface area contributed by atoms with Crippen molar-refractivity contribution < 1.29 is 22.3 Å². The van der Waals surface area contributed by atoms with E-state index in [1.165, 1.54) is 24.3 Å². The first-order valence-electron chi connectivity index (χ1n) is 6.78. The van der Waals surface area contributed by atoms with Crippen molar-refractivity contribution in [3.8, 4) is 17.3 Å². The zero-order valence-electron chi connectivity index (χ0n) is 12.3. The molecule has 0 aliphatic heterocycles. The molecule has 0 aliphatic carbocycles. The largest absolute Gasteiger partial charge is 0.435 e. The predicted molar refractivity (Wildman–Crippen MR) is 80.3 cm³/mol. The van der Waals surface area contributed by atoms with Crippen LogP contribution >= 0.6 is 0 Å². The van der Waals surface area contributed by atoms with Crippen LogP contribution in [0.1, 0.15) is 0 Å². The summed E-state index contributed by atoms with van der Waals surface area (Å²) in [5.74, 6) is -2.55. The van der Waals surface area contributed by atoms with Gasteiger partial charge in [-0.15, -0.1) is 0 Å². The molecule has 0 saturated carbocycles. The van der Waals surface area contributed by atoms with Gasteiger partial charge in [0.2, 0.25) is 11.8 Å². The third-order valence-corrected chi connectivity index (χ3v) is 2.99. The Morgan fingerprint density at radius 3 is 2.44 bits per heavy atom. The smallest absolute Gasteiger partial charge is 0.387 e. The van der Waals surface area contributed by atoms with Crippen LogP contribution in [0.15, 0.2) is 30.3 Å². The maximum atomic E-state index is 14.1. The Morgan fingerprint density at radius 1 is 1.12 bits per heavy atom. The van der Waals surface area contributed by atoms with Gasteiger partial charge in [0.1, 0.15) is 11.4 Å². The van der Waals surface area contributed by atoms with Gasteiger partial charge < -0.3 is 15.8 Å². The van der Waals surface area contributed by atoms with Crippen molar-refractivity contribution in [2.45, 2.75) is 6.61 Å². The predicted octanol–water partition coefficient (Wildman–Crippen LogP) is 3.07. The summed E-state index contributed by atoms with van der Waals surface area (Å²) in [6.07, 6.45) is 0. The molecule has 0 atom stereocenters. The van der Waals surface area contributed by atoms with Crippen LogP contribution in [0.4, 0.5) is 34.9 Å². The number of anilines is 3. The van der Waals surface area contributed by atoms with Crippen LogP contribution in [-0.4, -0.2) is 26.8 Å². The molecule has 0 radical (unpaired) electrons. The summed E-state index contributed by atoms with van der Waals surface area (Å²) in [5.41, 5.74) is 5.86. The average molecular weight is 354 g/mol. The summed E-state index contributed by atoms with van der Waals surface area (Å²) in [7, 11) is 0. The summed E-state index contributed by atoms with van der Waals surface area (Å²) in [4.78, 5) is 7.61. The van der Waals surface area contributed by atoms with Gasteiger partial charge in [0.25, 0.3) is 0 Å². The number of benzene rings is 1. The number of nitrogens with one attached hydrogen (secondary N) is 2. The molecule has 0 aliphatic rings. The van der Waals surface area contributed by atoms with Crippen molar-refractivity contribution in [2.75, 3.05) is 11.1 Å². The standard InChI is InChI=1S/C14H10F4N6O/c15-9-5-8(23-24-9)12-21-11(19)10(16)13(22-12)20-6-1-3-7(4-2-6)25-14(17)18/h1-5,14H,(H,23,24)(H3,19,20,21,22). The second-order valence-electron chi connectivity index (χ2n) is 4.72. The number of aromatic nitrogens is 4. The molecule has 2 aromatic heterocycles. The number of nitrogens with two attached hydrogens (primary N) is 1. The summed E-state index contributed by atoms with van der Waals surface area (Å²) in [6.45, 7) is -2.95. The molecular weight excluding hydrogens is 344 g/mol. The van der Waals surface area contributed by atoms with Gasteiger partial charge in [0.05, 0.1) is 0 Å². The molecule has 3 aromatic rings. The van der Waals surface area contributed by atoms with Crippen LogP contribution in [0.2, 0.25) is 0 Å². The average Bonchev–Trinajstić information content (AvgIpc) is 2.99. The third-order valence-electron chi connectivity index (χ3n) is 2.99. The lowest BCUT2D eigenvalue weighted by molar-refractivity contribution is -0.0498. The van der Waals surface area contributed by atoms with Gasteiger partial charge in [-0.2, -0.15) is 22.7 Å². The Kier molecular flexibility index (Phi) is 4.37. The zero-order chi connectivity index (χ0) is 18.0. The summed E-state index contributed by atoms with van der Waals surface area (Å²) >= 11 is 0. The highest BCUT2D eigenvalue weighted by Crippen LogP contribution is 2.26. The van der Waals surface area contributed by atoms with Crippen LogP contribution < -0.4 is 15.8 Å². The quantitative estimate of drug-likeness (QED) is 0.609. The van der Waals surface area contributed by atoms with Gasteiger partial charge in [-0.1, -0.05) is 0 Å². The summed E-state index contributed by atoms with van der Waals surface area (Å²) in [6, 6.07) is 6.31. The first-order valence-corrected chi connectivity index (χ1v) is 6.78. The Morgan fingerprint density at radius 2 is 1.84 bits per heavy atom. The topological polar surface area (TPSA) is 102 Å². The van der Waals surface area contributed by atoms with Crippen molar-refractivity contribution in [1.82, 2.24) is 20.2 Å². The summed E-state index contributed by atoms with van der Waals surface area (Å²) in [5, 5.41) is 8.32. The fourth-order valence-corrected chi connectivity index (χ4v) is 1.93. The lowest BCUT2D eigenvalue weighted by atomic mass is 10.3. The minimum Gasteiger partial charge on any atom is -0.435 e. The monoisotopic (exact) mass is 354 g/mol. The van der Waals surface area contributed by atoms with E-state index in [0.717, 1.165) is 6.07 Å². The minimum atomic E-state index is -2.95. The van der Waals surface area contributed by atoms with Crippen LogP contribution in [0, 0.1) is 11.8 Å². The molecule has 2 heterocycles. The molecule has 0 bridgehead atoms. The van der Waals surface area contributed by atoms with E-state index in [9.17, 15) is 17.6 Å². The van der Waals surface area contributed by atoms with Gasteiger partial charge >= 0.3 is 6.61 Å². The lowest BCUT2D eigenvalue weighted by Crippen LogP contribution is -2.06. The van der Waals surface area contributed by atoms with Gasteiger partial charge in [-0.05, 0) is 24.3 Å². The molecule has 11 heteroatoms. The van der Waals surface area contributed by atoms with E-state index in [4.69, 9.17) is 5.73 Å². The highest BCUT2D eigenvalue weighted by Gasteiger charge is 2.16. The van der Waals surface area contributed by atoms with E-state index in [1.54, 1.807) is 0 Å². The minimum absolute atomic E-state index is 0.0351. The van der Waals surface area contributed by atoms with E-state index in [1.807, 2.05) is 0 Å². The maximum absolute atomic E-state index is 14.1. The van der Waals surface area contributed by atoms with Gasteiger partial charge in [-0.3, -0.25) is 5.10 Å². The van der Waals surface area contributed by atoms with Crippen molar-refractivity contribution >= 4 is 17.3 Å². The van der Waals surface area contributed by atoms with Gasteiger partial charge in [0.15, 0.2) is 17.5 Å². The Bertz CT molecular complexity index is 884. The maximum Gasteiger partial charge on any atom is 0.387 e. The first kappa shape index (κ1) is 16.5. The van der Waals surface area contributed by atoms with E-state index in [-0.39, 0.29) is 23.1 Å². The van der Waals surface area contributed by atoms with Crippen LogP contribution in [0.5, 0.6) is 5.75 Å². The number of nitrogen functional groups attached to an aromatic ring is 1. The number of alkyl halides is 2. The molecule has 0 saturated heterocycles. The highest BCUT2D eigenvalue weighted by atomic mass is 19.3. The van der Waals surface area contributed by atoms with Crippen LogP contribution in [0.3, 0.4) is 0 Å². The molecule has 7 nitrogen and oxygen atoms in total. The van der Waals surface area contributed by atoms with Crippen molar-refractivity contribution in [3.63, 3.8) is 0 Å². The molecule has 1 aromatic carbocycles. The third kappa shape index (κ3) is 3.76. The van der Waals surface area contributed by atoms with Crippen molar-refractivity contribution in [1.29, 1.82) is 0 Å². The second-order valence-corrected chi connectivity index (χ2v) is 4.72. The Hall–Kier alpha value is -3.37. The molecular formula is C14H10F4N6O. The SMILES string of the molecule is Nc1nc(-c2cc(F)[nH]n2)nc(Nc2ccc(OC(F)F)cc2)c1F. The molecule has 0 spiro atoms. The molecule has 0 amide bonds. The fourth-order valence-electron chi connectivity index (χ4n) is 1.93. The Balaban J connectivity index is 1.87. The first-order chi connectivity index (χ1) is 11.9. The number of halogens is 4. The number of rotatable bonds is 5. The highest BCUT2D eigenvalue weighted by molar-refractivity contribution is 5.64. The van der Waals surface area contributed by atoms with Crippen molar-refractivity contribution in [2.24, 2.45) is 0 Å². The second kappa shape index (κ2) is 6.63. The number of hydrogen-bond donors (Lipinski definition) is 3. The molecule has 0 unspecified atom stereocenters. The van der Waals surface area contributed by atoms with E-state index >= 15 is 0 Å². The van der Waals surface area contributed by atoms with Crippen molar-refractivity contribution in [3.05, 3.63) is 42.1 Å². The van der Waals surface area contributed by atoms with Crippen LogP contribution in [-0.2, 0) is 0 Å². The van der Waals surface area contributed by atoms with E-state index in [0.29, 0.717) is 5.69 Å². The molecule has 3 rings (SSSR count). The number of H-pyrrole nitrogens is 1. The summed E-state index contributed by atoms with van der Waals surface area (Å²) < 4.78 is 55.6. The number of ether oxygens (including phenoxy) is 1. The van der Waals surface area contributed by atoms with E-state index in [2.05, 4.69) is 30.2 Å². The molecule has 4 N–H and O–H groups in total. The van der Waals surface area contributed by atoms with Gasteiger partial charge in [0, 0.05) is 11.8 Å². The van der Waals surface area contributed by atoms with Crippen LogP contribution in [0.25, 0.3) is 11.5 Å². The number of aromatic amines is 1. The molecule has 25 heavy (non-hydrogen) atoms. The zero-order valence-corrected chi connectivity index (χ0v) is 12.3. The number of hydrogen-bond acceptors (Lipinski definition) is 6.